The van der Waals surface area contributed by atoms with E-state index in [1.165, 1.54) is 0 Å². The molecule has 0 rings (SSSR count). The molecule has 0 aliphatic carbocycles. The highest BCUT2D eigenvalue weighted by atomic mass is 35.5. The lowest BCUT2D eigenvalue weighted by Crippen LogP contribution is -2.11. The van der Waals surface area contributed by atoms with Crippen LogP contribution < -0.4 is 0 Å². The van der Waals surface area contributed by atoms with Gasteiger partial charge >= 0.3 is 0 Å². The third kappa shape index (κ3) is 6.20. The first kappa shape index (κ1) is 13.7. The van der Waals surface area contributed by atoms with E-state index in [0.29, 0.717) is 6.42 Å². The van der Waals surface area contributed by atoms with E-state index in [0.717, 1.165) is 37.8 Å². The van der Waals surface area contributed by atoms with Gasteiger partial charge in [-0.1, -0.05) is 26.0 Å². The van der Waals surface area contributed by atoms with Crippen LogP contribution in [-0.4, -0.2) is 12.2 Å². The van der Waals surface area contributed by atoms with Gasteiger partial charge in [-0.05, 0) is 31.1 Å². The molecule has 82 valence electrons. The predicted molar refractivity (Wildman–Crippen MR) is 62.8 cm³/mol. The topological polar surface area (TPSA) is 17.1 Å². The third-order valence-electron chi connectivity index (χ3n) is 2.67. The number of hydrogen-bond acceptors (Lipinski definition) is 1. The smallest absolute Gasteiger partial charge is 0.120 e. The number of allylic oxidation sites excluding steroid dienone is 2. The minimum atomic E-state index is 0.188. The number of alkyl halides is 1. The maximum absolute atomic E-state index is 10.3. The standard InChI is InChI=1S/C12H21ClO/c1-3-12(2,9-7-11-14)8-5-4-6-10-13/h5,8,11H,3-4,6-7,9-10H2,1-2H3/b8-5+/t12-/m0/s1. The van der Waals surface area contributed by atoms with E-state index in [4.69, 9.17) is 11.6 Å². The molecule has 0 radical (unpaired) electrons. The number of aldehydes is 1. The summed E-state index contributed by atoms with van der Waals surface area (Å²) >= 11 is 5.59. The molecule has 2 heteroatoms. The Labute approximate surface area is 92.5 Å². The summed E-state index contributed by atoms with van der Waals surface area (Å²) < 4.78 is 0. The molecule has 0 heterocycles. The van der Waals surface area contributed by atoms with Gasteiger partial charge in [-0.2, -0.15) is 0 Å². The zero-order valence-electron chi connectivity index (χ0n) is 9.26. The van der Waals surface area contributed by atoms with Crippen LogP contribution in [0.1, 0.15) is 46.0 Å². The molecule has 0 spiro atoms. The van der Waals surface area contributed by atoms with Gasteiger partial charge in [0.15, 0.2) is 0 Å². The van der Waals surface area contributed by atoms with Crippen LogP contribution >= 0.6 is 11.6 Å². The summed E-state index contributed by atoms with van der Waals surface area (Å²) in [5.74, 6) is 0.724. The van der Waals surface area contributed by atoms with Crippen LogP contribution in [0.2, 0.25) is 0 Å². The highest BCUT2D eigenvalue weighted by Crippen LogP contribution is 2.28. The number of unbranched alkanes of at least 4 members (excludes halogenated alkanes) is 1. The molecule has 0 aromatic rings. The molecular weight excluding hydrogens is 196 g/mol. The van der Waals surface area contributed by atoms with Crippen LogP contribution in [0.5, 0.6) is 0 Å². The van der Waals surface area contributed by atoms with Crippen molar-refractivity contribution in [3.63, 3.8) is 0 Å². The fourth-order valence-electron chi connectivity index (χ4n) is 1.33. The second-order valence-corrected chi connectivity index (χ2v) is 4.32. The van der Waals surface area contributed by atoms with E-state index < -0.39 is 0 Å². The Balaban J connectivity index is 3.95. The predicted octanol–water partition coefficient (Wildman–Crippen LogP) is 3.96. The molecule has 0 aliphatic heterocycles. The molecule has 0 aromatic carbocycles. The quantitative estimate of drug-likeness (QED) is 0.260. The molecule has 0 aromatic heterocycles. The van der Waals surface area contributed by atoms with Gasteiger partial charge < -0.3 is 4.79 Å². The van der Waals surface area contributed by atoms with Crippen LogP contribution in [0.4, 0.5) is 0 Å². The van der Waals surface area contributed by atoms with Crippen molar-refractivity contribution >= 4 is 17.9 Å². The fraction of sp³-hybridized carbons (Fsp3) is 0.750. The third-order valence-corrected chi connectivity index (χ3v) is 2.93. The van der Waals surface area contributed by atoms with Crippen molar-refractivity contribution < 1.29 is 4.79 Å². The van der Waals surface area contributed by atoms with Gasteiger partial charge in [-0.3, -0.25) is 0 Å². The molecule has 14 heavy (non-hydrogen) atoms. The molecule has 0 bridgehead atoms. The summed E-state index contributed by atoms with van der Waals surface area (Å²) in [6.45, 7) is 4.37. The molecule has 0 amide bonds. The molecule has 1 atom stereocenters. The van der Waals surface area contributed by atoms with E-state index in [1.54, 1.807) is 0 Å². The molecule has 0 N–H and O–H groups in total. The number of halogens is 1. The summed E-state index contributed by atoms with van der Waals surface area (Å²) in [4.78, 5) is 10.3. The zero-order valence-corrected chi connectivity index (χ0v) is 10.0. The lowest BCUT2D eigenvalue weighted by Gasteiger charge is -2.23. The van der Waals surface area contributed by atoms with Crippen molar-refractivity contribution in [2.24, 2.45) is 5.41 Å². The highest BCUT2D eigenvalue weighted by Gasteiger charge is 2.16. The van der Waals surface area contributed by atoms with Crippen LogP contribution in [-0.2, 0) is 4.79 Å². The lowest BCUT2D eigenvalue weighted by atomic mass is 9.82. The normalized spacial score (nSPS) is 15.6. The van der Waals surface area contributed by atoms with E-state index in [1.807, 2.05) is 0 Å². The van der Waals surface area contributed by atoms with Crippen molar-refractivity contribution in [3.05, 3.63) is 12.2 Å². The van der Waals surface area contributed by atoms with Crippen LogP contribution in [0.25, 0.3) is 0 Å². The first-order chi connectivity index (χ1) is 6.68. The van der Waals surface area contributed by atoms with Gasteiger partial charge in [0.25, 0.3) is 0 Å². The number of rotatable bonds is 8. The minimum absolute atomic E-state index is 0.188. The van der Waals surface area contributed by atoms with Crippen molar-refractivity contribution in [2.45, 2.75) is 46.0 Å². The summed E-state index contributed by atoms with van der Waals surface area (Å²) in [5, 5.41) is 0. The molecular formula is C12H21ClO. The molecule has 0 unspecified atom stereocenters. The Bertz CT molecular complexity index is 177. The Kier molecular flexibility index (Phi) is 7.87. The molecule has 0 aliphatic rings. The summed E-state index contributed by atoms with van der Waals surface area (Å²) in [6.07, 6.45) is 10.2. The monoisotopic (exact) mass is 216 g/mol. The second-order valence-electron chi connectivity index (χ2n) is 3.95. The number of carbonyl (C=O) groups is 1. The van der Waals surface area contributed by atoms with Gasteiger partial charge in [-0.25, -0.2) is 0 Å². The first-order valence-corrected chi connectivity index (χ1v) is 5.89. The van der Waals surface area contributed by atoms with E-state index >= 15 is 0 Å². The Hall–Kier alpha value is -0.300. The van der Waals surface area contributed by atoms with Crippen LogP contribution in [0, 0.1) is 5.41 Å². The van der Waals surface area contributed by atoms with Gasteiger partial charge in [0.1, 0.15) is 6.29 Å². The molecule has 1 nitrogen and oxygen atoms in total. The summed E-state index contributed by atoms with van der Waals surface area (Å²) in [7, 11) is 0. The Morgan fingerprint density at radius 2 is 2.07 bits per heavy atom. The van der Waals surface area contributed by atoms with Crippen molar-refractivity contribution in [3.8, 4) is 0 Å². The van der Waals surface area contributed by atoms with Crippen molar-refractivity contribution in [1.29, 1.82) is 0 Å². The number of hydrogen-bond donors (Lipinski definition) is 0. The average molecular weight is 217 g/mol. The van der Waals surface area contributed by atoms with Gasteiger partial charge in [0.05, 0.1) is 0 Å². The maximum Gasteiger partial charge on any atom is 0.120 e. The Morgan fingerprint density at radius 3 is 2.57 bits per heavy atom. The average Bonchev–Trinajstić information content (AvgIpc) is 2.22. The number of carbonyl (C=O) groups excluding carboxylic acids is 1. The lowest BCUT2D eigenvalue weighted by molar-refractivity contribution is -0.108. The fourth-order valence-corrected chi connectivity index (χ4v) is 1.48. The largest absolute Gasteiger partial charge is 0.303 e. The SMILES string of the molecule is CC[C@@](C)(/C=C/CCCCl)CCC=O. The van der Waals surface area contributed by atoms with Gasteiger partial charge in [-0.15, -0.1) is 11.6 Å². The van der Waals surface area contributed by atoms with Gasteiger partial charge in [0.2, 0.25) is 0 Å². The van der Waals surface area contributed by atoms with Crippen molar-refractivity contribution in [2.75, 3.05) is 5.88 Å². The van der Waals surface area contributed by atoms with E-state index in [2.05, 4.69) is 26.0 Å². The molecule has 0 saturated heterocycles. The first-order valence-electron chi connectivity index (χ1n) is 5.36. The van der Waals surface area contributed by atoms with Crippen LogP contribution in [0.15, 0.2) is 12.2 Å². The second kappa shape index (κ2) is 8.05. The van der Waals surface area contributed by atoms with Crippen molar-refractivity contribution in [1.82, 2.24) is 0 Å². The Morgan fingerprint density at radius 1 is 1.36 bits per heavy atom. The summed E-state index contributed by atoms with van der Waals surface area (Å²) in [6, 6.07) is 0. The maximum atomic E-state index is 10.3. The van der Waals surface area contributed by atoms with E-state index in [-0.39, 0.29) is 5.41 Å². The van der Waals surface area contributed by atoms with Crippen LogP contribution in [0.3, 0.4) is 0 Å². The zero-order chi connectivity index (χ0) is 10.9. The summed E-state index contributed by atoms with van der Waals surface area (Å²) in [5.41, 5.74) is 0.188. The minimum Gasteiger partial charge on any atom is -0.303 e. The highest BCUT2D eigenvalue weighted by molar-refractivity contribution is 6.17. The molecule has 0 fully saturated rings. The molecule has 0 saturated carbocycles. The van der Waals surface area contributed by atoms with E-state index in [9.17, 15) is 4.79 Å². The van der Waals surface area contributed by atoms with Gasteiger partial charge in [0, 0.05) is 12.3 Å².